The molecule has 3 aromatic rings. The highest BCUT2D eigenvalue weighted by Gasteiger charge is 2.09. The van der Waals surface area contributed by atoms with Crippen LogP contribution in [0.15, 0.2) is 66.7 Å². The van der Waals surface area contributed by atoms with Crippen molar-refractivity contribution in [3.63, 3.8) is 0 Å². The summed E-state index contributed by atoms with van der Waals surface area (Å²) in [6, 6.07) is 20.1. The van der Waals surface area contributed by atoms with E-state index in [1.807, 2.05) is 48.5 Å². The molecule has 0 aliphatic heterocycles. The monoisotopic (exact) mass is 401 g/mol. The third-order valence-electron chi connectivity index (χ3n) is 3.91. The van der Waals surface area contributed by atoms with E-state index in [0.717, 1.165) is 16.9 Å². The van der Waals surface area contributed by atoms with Crippen molar-refractivity contribution >= 4 is 34.9 Å². The summed E-state index contributed by atoms with van der Waals surface area (Å²) in [6.07, 6.45) is 0. The van der Waals surface area contributed by atoms with E-state index in [4.69, 9.17) is 33.0 Å². The van der Waals surface area contributed by atoms with Crippen molar-refractivity contribution in [3.8, 4) is 5.75 Å². The van der Waals surface area contributed by atoms with Gasteiger partial charge in [0.2, 0.25) is 0 Å². The molecule has 0 bridgehead atoms. The van der Waals surface area contributed by atoms with Gasteiger partial charge in [-0.05, 0) is 53.6 Å². The fourth-order valence-corrected chi connectivity index (χ4v) is 2.91. The quantitative estimate of drug-likeness (QED) is 0.518. The zero-order valence-electron chi connectivity index (χ0n) is 14.3. The molecule has 0 spiro atoms. The van der Waals surface area contributed by atoms with Crippen molar-refractivity contribution in [1.82, 2.24) is 0 Å². The fraction of sp³-hybridized carbons (Fsp3) is 0.0952. The van der Waals surface area contributed by atoms with Gasteiger partial charge in [0.15, 0.2) is 0 Å². The van der Waals surface area contributed by atoms with E-state index >= 15 is 0 Å². The number of nitrogens with one attached hydrogen (secondary N) is 1. The molecule has 3 rings (SSSR count). The molecule has 0 atom stereocenters. The Labute approximate surface area is 167 Å². The third kappa shape index (κ3) is 5.39. The second kappa shape index (κ2) is 8.80. The zero-order valence-corrected chi connectivity index (χ0v) is 15.8. The summed E-state index contributed by atoms with van der Waals surface area (Å²) in [7, 11) is 0. The Hall–Kier alpha value is -2.69. The fourth-order valence-electron chi connectivity index (χ4n) is 2.50. The number of rotatable bonds is 7. The van der Waals surface area contributed by atoms with Gasteiger partial charge in [0.1, 0.15) is 12.4 Å². The Morgan fingerprint density at radius 1 is 0.963 bits per heavy atom. The average Bonchev–Trinajstić information content (AvgIpc) is 2.66. The summed E-state index contributed by atoms with van der Waals surface area (Å²) in [5, 5.41) is 13.2. The van der Waals surface area contributed by atoms with Crippen LogP contribution < -0.4 is 10.1 Å². The van der Waals surface area contributed by atoms with E-state index in [1.54, 1.807) is 12.1 Å². The molecule has 0 saturated carbocycles. The van der Waals surface area contributed by atoms with E-state index < -0.39 is 5.97 Å². The molecule has 2 N–H and O–H groups in total. The molecular formula is C21H17Cl2NO3. The number of hydrogen-bond donors (Lipinski definition) is 2. The smallest absolute Gasteiger partial charge is 0.337 e. The zero-order chi connectivity index (χ0) is 19.2. The standard InChI is InChI=1S/C21H17Cl2NO3/c22-16-3-1-2-15(10-16)13-27-18-7-4-14(5-8-18)12-24-17-6-9-20(23)19(11-17)21(25)26/h1-11,24H,12-13H2,(H,25,26). The molecule has 0 amide bonds. The van der Waals surface area contributed by atoms with Crippen LogP contribution in [-0.2, 0) is 13.2 Å². The molecule has 0 saturated heterocycles. The number of carbonyl (C=O) groups is 1. The van der Waals surface area contributed by atoms with E-state index in [0.29, 0.717) is 23.9 Å². The highest BCUT2D eigenvalue weighted by atomic mass is 35.5. The number of carboxylic acid groups (broad SMARTS) is 1. The lowest BCUT2D eigenvalue weighted by Gasteiger charge is -2.10. The second-order valence-electron chi connectivity index (χ2n) is 5.92. The van der Waals surface area contributed by atoms with E-state index in [1.165, 1.54) is 6.07 Å². The number of carboxylic acids is 1. The minimum absolute atomic E-state index is 0.0754. The predicted molar refractivity (Wildman–Crippen MR) is 108 cm³/mol. The van der Waals surface area contributed by atoms with E-state index in [2.05, 4.69) is 5.32 Å². The van der Waals surface area contributed by atoms with Crippen LogP contribution in [0.1, 0.15) is 21.5 Å². The molecule has 0 aliphatic carbocycles. The third-order valence-corrected chi connectivity index (χ3v) is 4.48. The van der Waals surface area contributed by atoms with Crippen LogP contribution in [0.2, 0.25) is 10.0 Å². The summed E-state index contributed by atoms with van der Waals surface area (Å²) < 4.78 is 5.76. The van der Waals surface area contributed by atoms with Crippen LogP contribution >= 0.6 is 23.2 Å². The van der Waals surface area contributed by atoms with Crippen molar-refractivity contribution < 1.29 is 14.6 Å². The predicted octanol–water partition coefficient (Wildman–Crippen LogP) is 5.88. The van der Waals surface area contributed by atoms with Gasteiger partial charge in [-0.3, -0.25) is 0 Å². The van der Waals surface area contributed by atoms with Gasteiger partial charge >= 0.3 is 5.97 Å². The lowest BCUT2D eigenvalue weighted by molar-refractivity contribution is 0.0697. The molecule has 0 radical (unpaired) electrons. The lowest BCUT2D eigenvalue weighted by Crippen LogP contribution is -2.03. The molecule has 0 aromatic heterocycles. The number of benzene rings is 3. The Balaban J connectivity index is 1.56. The van der Waals surface area contributed by atoms with Crippen LogP contribution in [0.4, 0.5) is 5.69 Å². The molecule has 4 nitrogen and oxygen atoms in total. The molecule has 0 aliphatic rings. The molecule has 6 heteroatoms. The number of aromatic carboxylic acids is 1. The molecule has 3 aromatic carbocycles. The largest absolute Gasteiger partial charge is 0.489 e. The van der Waals surface area contributed by atoms with E-state index in [-0.39, 0.29) is 10.6 Å². The second-order valence-corrected chi connectivity index (χ2v) is 6.76. The molecular weight excluding hydrogens is 385 g/mol. The van der Waals surface area contributed by atoms with Gasteiger partial charge in [0, 0.05) is 17.3 Å². The average molecular weight is 402 g/mol. The minimum Gasteiger partial charge on any atom is -0.489 e. The summed E-state index contributed by atoms with van der Waals surface area (Å²) in [5.74, 6) is -0.289. The SMILES string of the molecule is O=C(O)c1cc(NCc2ccc(OCc3cccc(Cl)c3)cc2)ccc1Cl. The van der Waals surface area contributed by atoms with Crippen LogP contribution in [0.25, 0.3) is 0 Å². The van der Waals surface area contributed by atoms with Crippen molar-refractivity contribution in [3.05, 3.63) is 93.5 Å². The highest BCUT2D eigenvalue weighted by molar-refractivity contribution is 6.33. The maximum absolute atomic E-state index is 11.1. The lowest BCUT2D eigenvalue weighted by atomic mass is 10.1. The Bertz CT molecular complexity index is 942. The molecule has 138 valence electrons. The van der Waals surface area contributed by atoms with E-state index in [9.17, 15) is 4.79 Å². The van der Waals surface area contributed by atoms with Crippen molar-refractivity contribution in [2.24, 2.45) is 0 Å². The van der Waals surface area contributed by atoms with Crippen LogP contribution in [0.5, 0.6) is 5.75 Å². The number of halogens is 2. The molecule has 0 fully saturated rings. The summed E-state index contributed by atoms with van der Waals surface area (Å²) in [5.41, 5.74) is 2.81. The van der Waals surface area contributed by atoms with Crippen molar-refractivity contribution in [1.29, 1.82) is 0 Å². The Morgan fingerprint density at radius 3 is 2.44 bits per heavy atom. The van der Waals surface area contributed by atoms with Crippen molar-refractivity contribution in [2.75, 3.05) is 5.32 Å². The van der Waals surface area contributed by atoms with Gasteiger partial charge in [-0.25, -0.2) is 4.79 Å². The minimum atomic E-state index is -1.05. The Kier molecular flexibility index (Phi) is 6.22. The van der Waals surface area contributed by atoms with Gasteiger partial charge in [-0.1, -0.05) is 47.5 Å². The van der Waals surface area contributed by atoms with Gasteiger partial charge in [0.25, 0.3) is 0 Å². The number of ether oxygens (including phenoxy) is 1. The first-order valence-electron chi connectivity index (χ1n) is 8.24. The van der Waals surface area contributed by atoms with Gasteiger partial charge in [-0.2, -0.15) is 0 Å². The first kappa shape index (κ1) is 19.1. The van der Waals surface area contributed by atoms with Crippen LogP contribution in [0, 0.1) is 0 Å². The first-order valence-corrected chi connectivity index (χ1v) is 9.00. The maximum Gasteiger partial charge on any atom is 0.337 e. The van der Waals surface area contributed by atoms with Crippen LogP contribution in [-0.4, -0.2) is 11.1 Å². The first-order chi connectivity index (χ1) is 13.0. The molecule has 0 unspecified atom stereocenters. The topological polar surface area (TPSA) is 58.6 Å². The van der Waals surface area contributed by atoms with Crippen LogP contribution in [0.3, 0.4) is 0 Å². The Morgan fingerprint density at radius 2 is 1.74 bits per heavy atom. The summed E-state index contributed by atoms with van der Waals surface area (Å²) in [6.45, 7) is 0.996. The normalized spacial score (nSPS) is 10.4. The summed E-state index contributed by atoms with van der Waals surface area (Å²) >= 11 is 11.8. The molecule has 27 heavy (non-hydrogen) atoms. The van der Waals surface area contributed by atoms with Crippen molar-refractivity contribution in [2.45, 2.75) is 13.2 Å². The number of anilines is 1. The number of hydrogen-bond acceptors (Lipinski definition) is 3. The van der Waals surface area contributed by atoms with Gasteiger partial charge in [-0.15, -0.1) is 0 Å². The van der Waals surface area contributed by atoms with Gasteiger partial charge in [0.05, 0.1) is 10.6 Å². The maximum atomic E-state index is 11.1. The molecule has 0 heterocycles. The summed E-state index contributed by atoms with van der Waals surface area (Å²) in [4.78, 5) is 11.1. The van der Waals surface area contributed by atoms with Gasteiger partial charge < -0.3 is 15.2 Å². The highest BCUT2D eigenvalue weighted by Crippen LogP contribution is 2.22.